The molecule has 1 aliphatic rings. The number of carboxylic acid groups (broad SMARTS) is 1. The van der Waals surface area contributed by atoms with Crippen LogP contribution in [0.25, 0.3) is 5.57 Å². The number of fused-ring (bicyclic) bond motifs is 1. The SMILES string of the molecule is C/C(=C\CCC(=O)O)c1ccc2c(c1)CCCC2. The lowest BCUT2D eigenvalue weighted by atomic mass is 9.89. The first-order chi connectivity index (χ1) is 8.66. The maximum absolute atomic E-state index is 10.5. The van der Waals surface area contributed by atoms with Gasteiger partial charge < -0.3 is 5.11 Å². The largest absolute Gasteiger partial charge is 0.481 e. The number of allylic oxidation sites excluding steroid dienone is 2. The molecule has 2 nitrogen and oxygen atoms in total. The van der Waals surface area contributed by atoms with E-state index in [9.17, 15) is 4.79 Å². The fourth-order valence-corrected chi connectivity index (χ4v) is 2.51. The van der Waals surface area contributed by atoms with E-state index < -0.39 is 5.97 Å². The quantitative estimate of drug-likeness (QED) is 0.873. The van der Waals surface area contributed by atoms with E-state index in [2.05, 4.69) is 25.1 Å². The lowest BCUT2D eigenvalue weighted by molar-refractivity contribution is -0.136. The standard InChI is InChI=1S/C16H20O2/c1-12(5-4-8-16(17)18)14-10-9-13-6-2-3-7-15(13)11-14/h5,9-11H,2-4,6-8H2,1H3,(H,17,18)/b12-5+. The molecule has 96 valence electrons. The highest BCUT2D eigenvalue weighted by Crippen LogP contribution is 2.25. The smallest absolute Gasteiger partial charge is 0.303 e. The minimum atomic E-state index is -0.732. The van der Waals surface area contributed by atoms with Gasteiger partial charge in [0.25, 0.3) is 0 Å². The second kappa shape index (κ2) is 5.85. The summed E-state index contributed by atoms with van der Waals surface area (Å²) in [6.45, 7) is 2.06. The van der Waals surface area contributed by atoms with Crippen LogP contribution >= 0.6 is 0 Å². The fourth-order valence-electron chi connectivity index (χ4n) is 2.51. The highest BCUT2D eigenvalue weighted by Gasteiger charge is 2.09. The van der Waals surface area contributed by atoms with Crippen molar-refractivity contribution in [3.05, 3.63) is 41.0 Å². The zero-order valence-corrected chi connectivity index (χ0v) is 10.9. The molecule has 0 atom stereocenters. The van der Waals surface area contributed by atoms with Crippen molar-refractivity contribution in [3.8, 4) is 0 Å². The first-order valence-electron chi connectivity index (χ1n) is 6.67. The van der Waals surface area contributed by atoms with E-state index in [1.165, 1.54) is 47.9 Å². The predicted molar refractivity (Wildman–Crippen MR) is 73.6 cm³/mol. The highest BCUT2D eigenvalue weighted by molar-refractivity contribution is 5.68. The Labute approximate surface area is 108 Å². The van der Waals surface area contributed by atoms with E-state index in [1.807, 2.05) is 6.08 Å². The van der Waals surface area contributed by atoms with Gasteiger partial charge in [0, 0.05) is 6.42 Å². The molecule has 18 heavy (non-hydrogen) atoms. The zero-order valence-electron chi connectivity index (χ0n) is 10.9. The van der Waals surface area contributed by atoms with E-state index in [0.717, 1.165) is 0 Å². The first kappa shape index (κ1) is 12.9. The second-order valence-corrected chi connectivity index (χ2v) is 5.01. The molecule has 2 rings (SSSR count). The Morgan fingerprint density at radius 3 is 2.72 bits per heavy atom. The summed E-state index contributed by atoms with van der Waals surface area (Å²) in [5.41, 5.74) is 5.39. The van der Waals surface area contributed by atoms with Gasteiger partial charge in [0.2, 0.25) is 0 Å². The highest BCUT2D eigenvalue weighted by atomic mass is 16.4. The average molecular weight is 244 g/mol. The molecule has 0 aromatic heterocycles. The van der Waals surface area contributed by atoms with Crippen LogP contribution in [0.2, 0.25) is 0 Å². The van der Waals surface area contributed by atoms with Crippen LogP contribution in [-0.2, 0) is 17.6 Å². The summed E-state index contributed by atoms with van der Waals surface area (Å²) < 4.78 is 0. The molecule has 1 aromatic rings. The molecule has 1 aliphatic carbocycles. The zero-order chi connectivity index (χ0) is 13.0. The summed E-state index contributed by atoms with van der Waals surface area (Å²) in [5.74, 6) is -0.732. The Bertz CT molecular complexity index is 472. The lowest BCUT2D eigenvalue weighted by Gasteiger charge is -2.16. The van der Waals surface area contributed by atoms with Crippen molar-refractivity contribution in [2.24, 2.45) is 0 Å². The third-order valence-corrected chi connectivity index (χ3v) is 3.61. The Morgan fingerprint density at radius 2 is 2.00 bits per heavy atom. The Morgan fingerprint density at radius 1 is 1.28 bits per heavy atom. The van der Waals surface area contributed by atoms with Crippen LogP contribution in [-0.4, -0.2) is 11.1 Å². The lowest BCUT2D eigenvalue weighted by Crippen LogP contribution is -2.02. The number of hydrogen-bond acceptors (Lipinski definition) is 1. The van der Waals surface area contributed by atoms with Crippen molar-refractivity contribution in [1.82, 2.24) is 0 Å². The van der Waals surface area contributed by atoms with E-state index in [-0.39, 0.29) is 6.42 Å². The summed E-state index contributed by atoms with van der Waals surface area (Å²) in [4.78, 5) is 10.5. The van der Waals surface area contributed by atoms with Crippen molar-refractivity contribution in [2.45, 2.75) is 45.4 Å². The van der Waals surface area contributed by atoms with Crippen LogP contribution in [0.15, 0.2) is 24.3 Å². The molecular weight excluding hydrogens is 224 g/mol. The van der Waals surface area contributed by atoms with Gasteiger partial charge in [0.1, 0.15) is 0 Å². The van der Waals surface area contributed by atoms with Crippen LogP contribution in [0.4, 0.5) is 0 Å². The van der Waals surface area contributed by atoms with Gasteiger partial charge in [-0.25, -0.2) is 0 Å². The monoisotopic (exact) mass is 244 g/mol. The topological polar surface area (TPSA) is 37.3 Å². The van der Waals surface area contributed by atoms with Gasteiger partial charge in [-0.15, -0.1) is 0 Å². The van der Waals surface area contributed by atoms with Crippen molar-refractivity contribution >= 4 is 11.5 Å². The number of aryl methyl sites for hydroxylation is 2. The van der Waals surface area contributed by atoms with Crippen LogP contribution in [0.5, 0.6) is 0 Å². The van der Waals surface area contributed by atoms with Crippen molar-refractivity contribution in [1.29, 1.82) is 0 Å². The maximum Gasteiger partial charge on any atom is 0.303 e. The molecule has 0 saturated heterocycles. The molecule has 0 heterocycles. The third-order valence-electron chi connectivity index (χ3n) is 3.61. The molecule has 1 N–H and O–H groups in total. The van der Waals surface area contributed by atoms with Gasteiger partial charge in [0.05, 0.1) is 0 Å². The molecular formula is C16H20O2. The molecule has 0 saturated carbocycles. The summed E-state index contributed by atoms with van der Waals surface area (Å²) in [6.07, 6.45) is 7.83. The molecule has 2 heteroatoms. The second-order valence-electron chi connectivity index (χ2n) is 5.01. The van der Waals surface area contributed by atoms with E-state index in [0.29, 0.717) is 6.42 Å². The molecule has 0 spiro atoms. The van der Waals surface area contributed by atoms with Crippen molar-refractivity contribution < 1.29 is 9.90 Å². The number of rotatable bonds is 4. The Balaban J connectivity index is 2.10. The first-order valence-corrected chi connectivity index (χ1v) is 6.67. The number of benzene rings is 1. The van der Waals surface area contributed by atoms with Crippen LogP contribution in [0, 0.1) is 0 Å². The normalized spacial score (nSPS) is 15.3. The van der Waals surface area contributed by atoms with E-state index >= 15 is 0 Å². The van der Waals surface area contributed by atoms with Crippen LogP contribution < -0.4 is 0 Å². The molecule has 0 unspecified atom stereocenters. The van der Waals surface area contributed by atoms with Crippen molar-refractivity contribution in [2.75, 3.05) is 0 Å². The molecule has 1 aromatic carbocycles. The summed E-state index contributed by atoms with van der Waals surface area (Å²) >= 11 is 0. The number of carbonyl (C=O) groups is 1. The molecule has 0 fully saturated rings. The van der Waals surface area contributed by atoms with E-state index in [1.54, 1.807) is 0 Å². The molecule has 0 radical (unpaired) electrons. The minimum Gasteiger partial charge on any atom is -0.481 e. The molecule has 0 aliphatic heterocycles. The number of aliphatic carboxylic acids is 1. The third kappa shape index (κ3) is 3.22. The van der Waals surface area contributed by atoms with Gasteiger partial charge in [-0.1, -0.05) is 24.3 Å². The maximum atomic E-state index is 10.5. The summed E-state index contributed by atoms with van der Waals surface area (Å²) in [6, 6.07) is 6.68. The van der Waals surface area contributed by atoms with Gasteiger partial charge in [0.15, 0.2) is 0 Å². The van der Waals surface area contributed by atoms with Crippen LogP contribution in [0.3, 0.4) is 0 Å². The fraction of sp³-hybridized carbons (Fsp3) is 0.438. The predicted octanol–water partition coefficient (Wildman–Crippen LogP) is 3.83. The summed E-state index contributed by atoms with van der Waals surface area (Å²) in [7, 11) is 0. The van der Waals surface area contributed by atoms with Gasteiger partial charge >= 0.3 is 5.97 Å². The van der Waals surface area contributed by atoms with Crippen LogP contribution in [0.1, 0.15) is 49.3 Å². The number of carboxylic acids is 1. The van der Waals surface area contributed by atoms with Gasteiger partial charge in [-0.3, -0.25) is 4.79 Å². The minimum absolute atomic E-state index is 0.211. The Hall–Kier alpha value is -1.57. The van der Waals surface area contributed by atoms with Crippen molar-refractivity contribution in [3.63, 3.8) is 0 Å². The Kier molecular flexibility index (Phi) is 4.19. The van der Waals surface area contributed by atoms with Gasteiger partial charge in [-0.05, 0) is 61.3 Å². The number of hydrogen-bond donors (Lipinski definition) is 1. The average Bonchev–Trinajstić information content (AvgIpc) is 2.37. The summed E-state index contributed by atoms with van der Waals surface area (Å²) in [5, 5.41) is 8.63. The molecule has 0 bridgehead atoms. The van der Waals surface area contributed by atoms with Gasteiger partial charge in [-0.2, -0.15) is 0 Å². The van der Waals surface area contributed by atoms with E-state index in [4.69, 9.17) is 5.11 Å². The molecule has 0 amide bonds.